The Morgan fingerprint density at radius 3 is 2.45 bits per heavy atom. The van der Waals surface area contributed by atoms with Crippen LogP contribution in [0.1, 0.15) is 18.9 Å². The van der Waals surface area contributed by atoms with Gasteiger partial charge in [-0.05, 0) is 31.2 Å². The molecule has 0 heterocycles. The lowest BCUT2D eigenvalue weighted by Gasteiger charge is -2.08. The number of esters is 1. The van der Waals surface area contributed by atoms with Crippen molar-refractivity contribution in [2.24, 2.45) is 0 Å². The second-order valence-corrected chi connectivity index (χ2v) is 3.71. The molecular formula is C14H13F3O3. The van der Waals surface area contributed by atoms with E-state index in [-0.39, 0.29) is 12.2 Å². The maximum atomic E-state index is 11.9. The van der Waals surface area contributed by atoms with Gasteiger partial charge in [0.25, 0.3) is 0 Å². The van der Waals surface area contributed by atoms with Crippen LogP contribution in [0.3, 0.4) is 0 Å². The van der Waals surface area contributed by atoms with Crippen LogP contribution in [0.2, 0.25) is 0 Å². The highest BCUT2D eigenvalue weighted by Crippen LogP contribution is 2.18. The van der Waals surface area contributed by atoms with Gasteiger partial charge in [-0.3, -0.25) is 4.79 Å². The van der Waals surface area contributed by atoms with Gasteiger partial charge in [-0.2, -0.15) is 13.2 Å². The van der Waals surface area contributed by atoms with Gasteiger partial charge in [-0.15, -0.1) is 0 Å². The molecule has 1 aromatic rings. The maximum absolute atomic E-state index is 11.9. The van der Waals surface area contributed by atoms with Gasteiger partial charge in [0.05, 0.1) is 6.61 Å². The number of carbonyl (C=O) groups is 1. The van der Waals surface area contributed by atoms with Crippen molar-refractivity contribution in [3.8, 4) is 17.6 Å². The minimum atomic E-state index is -4.36. The van der Waals surface area contributed by atoms with Crippen LogP contribution in [0.4, 0.5) is 13.2 Å². The third kappa shape index (κ3) is 6.69. The Morgan fingerprint density at radius 1 is 1.25 bits per heavy atom. The van der Waals surface area contributed by atoms with Gasteiger partial charge < -0.3 is 9.47 Å². The Hall–Kier alpha value is -2.16. The molecule has 0 aliphatic heterocycles. The van der Waals surface area contributed by atoms with Crippen molar-refractivity contribution in [2.75, 3.05) is 13.2 Å². The molecular weight excluding hydrogens is 273 g/mol. The summed E-state index contributed by atoms with van der Waals surface area (Å²) < 4.78 is 45.1. The molecule has 0 atom stereocenters. The summed E-state index contributed by atoms with van der Waals surface area (Å²) in [5.74, 6) is 5.02. The number of halogens is 3. The SMILES string of the molecule is CCOC(=O)CC#Cc1ccc(OCC(F)(F)F)cc1. The van der Waals surface area contributed by atoms with Crippen molar-refractivity contribution in [2.45, 2.75) is 19.5 Å². The van der Waals surface area contributed by atoms with E-state index in [0.717, 1.165) is 0 Å². The molecule has 0 aliphatic rings. The second-order valence-electron chi connectivity index (χ2n) is 3.71. The monoisotopic (exact) mass is 286 g/mol. The molecule has 0 amide bonds. The van der Waals surface area contributed by atoms with E-state index in [9.17, 15) is 18.0 Å². The Morgan fingerprint density at radius 2 is 1.90 bits per heavy atom. The van der Waals surface area contributed by atoms with Gasteiger partial charge in [0.15, 0.2) is 6.61 Å². The Balaban J connectivity index is 2.50. The van der Waals surface area contributed by atoms with E-state index in [1.165, 1.54) is 24.3 Å². The molecule has 3 nitrogen and oxygen atoms in total. The molecule has 0 fully saturated rings. The molecule has 0 N–H and O–H groups in total. The standard InChI is InChI=1S/C14H13F3O3/c1-2-19-13(18)5-3-4-11-6-8-12(9-7-11)20-10-14(15,16)17/h6-9H,2,5,10H2,1H3. The average Bonchev–Trinajstić information content (AvgIpc) is 2.37. The number of ether oxygens (including phenoxy) is 2. The van der Waals surface area contributed by atoms with E-state index < -0.39 is 18.8 Å². The molecule has 0 spiro atoms. The lowest BCUT2D eigenvalue weighted by atomic mass is 10.2. The summed E-state index contributed by atoms with van der Waals surface area (Å²) >= 11 is 0. The molecule has 20 heavy (non-hydrogen) atoms. The van der Waals surface area contributed by atoms with E-state index in [2.05, 4.69) is 16.6 Å². The first-order chi connectivity index (χ1) is 9.40. The van der Waals surface area contributed by atoms with E-state index in [4.69, 9.17) is 4.74 Å². The first-order valence-corrected chi connectivity index (χ1v) is 5.85. The Kier molecular flexibility index (Phi) is 5.91. The van der Waals surface area contributed by atoms with E-state index in [1.54, 1.807) is 6.92 Å². The normalized spacial score (nSPS) is 10.4. The van der Waals surface area contributed by atoms with E-state index in [1.807, 2.05) is 0 Å². The number of benzene rings is 1. The van der Waals surface area contributed by atoms with E-state index in [0.29, 0.717) is 12.2 Å². The molecule has 1 aromatic carbocycles. The van der Waals surface area contributed by atoms with Gasteiger partial charge in [-0.1, -0.05) is 11.8 Å². The first kappa shape index (κ1) is 15.9. The smallest absolute Gasteiger partial charge is 0.422 e. The van der Waals surface area contributed by atoms with Gasteiger partial charge >= 0.3 is 12.1 Å². The highest BCUT2D eigenvalue weighted by atomic mass is 19.4. The first-order valence-electron chi connectivity index (χ1n) is 5.85. The summed E-state index contributed by atoms with van der Waals surface area (Å²) in [5.41, 5.74) is 0.577. The van der Waals surface area contributed by atoms with Gasteiger partial charge in [0.1, 0.15) is 12.2 Å². The summed E-state index contributed by atoms with van der Waals surface area (Å²) in [4.78, 5) is 11.0. The third-order valence-electron chi connectivity index (χ3n) is 2.03. The van der Waals surface area contributed by atoms with Gasteiger partial charge in [-0.25, -0.2) is 0 Å². The van der Waals surface area contributed by atoms with Gasteiger partial charge in [0.2, 0.25) is 0 Å². The van der Waals surface area contributed by atoms with Crippen molar-refractivity contribution in [1.82, 2.24) is 0 Å². The predicted molar refractivity (Wildman–Crippen MR) is 66.1 cm³/mol. The third-order valence-corrected chi connectivity index (χ3v) is 2.03. The summed E-state index contributed by atoms with van der Waals surface area (Å²) in [6.45, 7) is 0.664. The largest absolute Gasteiger partial charge is 0.484 e. The van der Waals surface area contributed by atoms with Crippen LogP contribution in [0, 0.1) is 11.8 Å². The molecule has 0 saturated heterocycles. The Bertz CT molecular complexity index is 495. The van der Waals surface area contributed by atoms with Crippen molar-refractivity contribution in [3.63, 3.8) is 0 Å². The van der Waals surface area contributed by atoms with Crippen LogP contribution >= 0.6 is 0 Å². The van der Waals surface area contributed by atoms with Crippen LogP contribution in [0.5, 0.6) is 5.75 Å². The molecule has 0 saturated carbocycles. The van der Waals surface area contributed by atoms with Crippen LogP contribution in [-0.4, -0.2) is 25.4 Å². The topological polar surface area (TPSA) is 35.5 Å². The fourth-order valence-corrected chi connectivity index (χ4v) is 1.23. The van der Waals surface area contributed by atoms with Crippen molar-refractivity contribution < 1.29 is 27.4 Å². The van der Waals surface area contributed by atoms with Gasteiger partial charge in [0, 0.05) is 5.56 Å². The molecule has 0 unspecified atom stereocenters. The summed E-state index contributed by atoms with van der Waals surface area (Å²) in [6.07, 6.45) is -4.39. The summed E-state index contributed by atoms with van der Waals surface area (Å²) in [6, 6.07) is 5.81. The molecule has 1 rings (SSSR count). The molecule has 6 heteroatoms. The summed E-state index contributed by atoms with van der Waals surface area (Å²) in [7, 11) is 0. The number of carbonyl (C=O) groups excluding carboxylic acids is 1. The minimum Gasteiger partial charge on any atom is -0.484 e. The molecule has 0 radical (unpaired) electrons. The summed E-state index contributed by atoms with van der Waals surface area (Å²) in [5, 5.41) is 0. The number of rotatable bonds is 4. The molecule has 0 aliphatic carbocycles. The second kappa shape index (κ2) is 7.43. The highest BCUT2D eigenvalue weighted by molar-refractivity contribution is 5.72. The quantitative estimate of drug-likeness (QED) is 0.630. The lowest BCUT2D eigenvalue weighted by molar-refractivity contribution is -0.153. The van der Waals surface area contributed by atoms with Crippen LogP contribution in [-0.2, 0) is 9.53 Å². The number of hydrogen-bond donors (Lipinski definition) is 0. The van der Waals surface area contributed by atoms with Crippen molar-refractivity contribution >= 4 is 5.97 Å². The van der Waals surface area contributed by atoms with Crippen molar-refractivity contribution in [3.05, 3.63) is 29.8 Å². The minimum absolute atomic E-state index is 0.0276. The van der Waals surface area contributed by atoms with Crippen molar-refractivity contribution in [1.29, 1.82) is 0 Å². The number of alkyl halides is 3. The molecule has 108 valence electrons. The fourth-order valence-electron chi connectivity index (χ4n) is 1.23. The Labute approximate surface area is 114 Å². The van der Waals surface area contributed by atoms with Crippen LogP contribution in [0.25, 0.3) is 0 Å². The van der Waals surface area contributed by atoms with E-state index >= 15 is 0 Å². The van der Waals surface area contributed by atoms with Crippen LogP contribution < -0.4 is 4.74 Å². The van der Waals surface area contributed by atoms with Crippen LogP contribution in [0.15, 0.2) is 24.3 Å². The zero-order chi connectivity index (χ0) is 15.0. The lowest BCUT2D eigenvalue weighted by Crippen LogP contribution is -2.19. The zero-order valence-electron chi connectivity index (χ0n) is 10.8. The predicted octanol–water partition coefficient (Wildman–Crippen LogP) is 2.93. The average molecular weight is 286 g/mol. The molecule has 0 aromatic heterocycles. The maximum Gasteiger partial charge on any atom is 0.422 e. The highest BCUT2D eigenvalue weighted by Gasteiger charge is 2.28. The number of hydrogen-bond acceptors (Lipinski definition) is 3. The zero-order valence-corrected chi connectivity index (χ0v) is 10.8. The fraction of sp³-hybridized carbons (Fsp3) is 0.357. The molecule has 0 bridgehead atoms.